The van der Waals surface area contributed by atoms with Crippen LogP contribution in [0.2, 0.25) is 0 Å². The van der Waals surface area contributed by atoms with Crippen LogP contribution in [0.1, 0.15) is 53.7 Å². The Hall–Kier alpha value is -2.93. The number of nitrogens with one attached hydrogen (secondary N) is 1. The summed E-state index contributed by atoms with van der Waals surface area (Å²) in [6.45, 7) is 4.17. The highest BCUT2D eigenvalue weighted by Crippen LogP contribution is 2.26. The maximum atomic E-state index is 13.0. The SMILES string of the molecule is O=C(c1ccc(CN2CCCC2)o1)N1CCC[C@@H](c2nc3ccccc3c(=O)[nH]2)C1. The van der Waals surface area contributed by atoms with Gasteiger partial charge in [0.1, 0.15) is 11.6 Å². The summed E-state index contributed by atoms with van der Waals surface area (Å²) >= 11 is 0. The Kier molecular flexibility index (Phi) is 5.12. The highest BCUT2D eigenvalue weighted by Gasteiger charge is 2.29. The topological polar surface area (TPSA) is 82.4 Å². The fraction of sp³-hybridized carbons (Fsp3) is 0.435. The molecule has 2 aliphatic heterocycles. The lowest BCUT2D eigenvalue weighted by Crippen LogP contribution is -2.39. The number of likely N-dealkylation sites (tertiary alicyclic amines) is 2. The molecule has 7 nitrogen and oxygen atoms in total. The summed E-state index contributed by atoms with van der Waals surface area (Å²) in [7, 11) is 0. The molecule has 0 unspecified atom stereocenters. The molecule has 3 aromatic rings. The van der Waals surface area contributed by atoms with E-state index in [2.05, 4.69) is 14.9 Å². The van der Waals surface area contributed by atoms with E-state index < -0.39 is 0 Å². The van der Waals surface area contributed by atoms with Crippen molar-refractivity contribution in [3.63, 3.8) is 0 Å². The molecule has 30 heavy (non-hydrogen) atoms. The van der Waals surface area contributed by atoms with Crippen molar-refractivity contribution in [3.05, 3.63) is 64.1 Å². The minimum Gasteiger partial charge on any atom is -0.455 e. The predicted molar refractivity (Wildman–Crippen MR) is 113 cm³/mol. The van der Waals surface area contributed by atoms with E-state index in [1.54, 1.807) is 12.1 Å². The molecule has 2 fully saturated rings. The third kappa shape index (κ3) is 3.77. The molecule has 1 aromatic carbocycles. The molecule has 0 saturated carbocycles. The van der Waals surface area contributed by atoms with E-state index in [0.717, 1.165) is 38.2 Å². The number of carbonyl (C=O) groups excluding carboxylic acids is 1. The van der Waals surface area contributed by atoms with Crippen molar-refractivity contribution in [2.75, 3.05) is 26.2 Å². The van der Waals surface area contributed by atoms with Crippen LogP contribution < -0.4 is 5.56 Å². The third-order valence-electron chi connectivity index (χ3n) is 6.18. The summed E-state index contributed by atoms with van der Waals surface area (Å²) in [4.78, 5) is 37.2. The van der Waals surface area contributed by atoms with Gasteiger partial charge in [0.15, 0.2) is 5.76 Å². The van der Waals surface area contributed by atoms with E-state index in [-0.39, 0.29) is 17.4 Å². The molecule has 2 saturated heterocycles. The molecule has 2 aliphatic rings. The second kappa shape index (κ2) is 8.07. The highest BCUT2D eigenvalue weighted by atomic mass is 16.4. The van der Waals surface area contributed by atoms with Crippen LogP contribution in [0.4, 0.5) is 0 Å². The number of aromatic nitrogens is 2. The highest BCUT2D eigenvalue weighted by molar-refractivity contribution is 5.91. The number of aromatic amines is 1. The Morgan fingerprint density at radius 3 is 2.80 bits per heavy atom. The zero-order valence-corrected chi connectivity index (χ0v) is 17.0. The Morgan fingerprint density at radius 1 is 1.10 bits per heavy atom. The van der Waals surface area contributed by atoms with Gasteiger partial charge in [0.2, 0.25) is 0 Å². The minimum atomic E-state index is -0.128. The van der Waals surface area contributed by atoms with Crippen molar-refractivity contribution in [3.8, 4) is 0 Å². The standard InChI is InChI=1S/C23H26N4O3/c28-22-18-7-1-2-8-19(18)24-21(25-22)16-6-5-13-27(14-16)23(29)20-10-9-17(30-20)15-26-11-3-4-12-26/h1-2,7-10,16H,3-6,11-15H2,(H,24,25,28)/t16-/m1/s1. The number of benzene rings is 1. The van der Waals surface area contributed by atoms with Crippen molar-refractivity contribution in [2.45, 2.75) is 38.1 Å². The summed E-state index contributed by atoms with van der Waals surface area (Å²) < 4.78 is 5.87. The normalized spacial score (nSPS) is 20.1. The average molecular weight is 406 g/mol. The summed E-state index contributed by atoms with van der Waals surface area (Å²) in [6.07, 6.45) is 4.22. The first-order valence-electron chi connectivity index (χ1n) is 10.8. The molecule has 1 N–H and O–H groups in total. The van der Waals surface area contributed by atoms with Gasteiger partial charge in [-0.1, -0.05) is 12.1 Å². The monoisotopic (exact) mass is 406 g/mol. The Morgan fingerprint density at radius 2 is 1.93 bits per heavy atom. The zero-order valence-electron chi connectivity index (χ0n) is 17.0. The van der Waals surface area contributed by atoms with E-state index in [0.29, 0.717) is 35.6 Å². The maximum Gasteiger partial charge on any atom is 0.289 e. The number of piperidine rings is 1. The lowest BCUT2D eigenvalue weighted by molar-refractivity contribution is 0.0669. The minimum absolute atomic E-state index is 0.0130. The van der Waals surface area contributed by atoms with E-state index in [1.807, 2.05) is 29.2 Å². The quantitative estimate of drug-likeness (QED) is 0.720. The van der Waals surface area contributed by atoms with Crippen LogP contribution in [0.15, 0.2) is 45.6 Å². The van der Waals surface area contributed by atoms with E-state index in [4.69, 9.17) is 4.42 Å². The fourth-order valence-electron chi connectivity index (χ4n) is 4.58. The Labute approximate surface area is 174 Å². The smallest absolute Gasteiger partial charge is 0.289 e. The van der Waals surface area contributed by atoms with Crippen LogP contribution in [0.3, 0.4) is 0 Å². The lowest BCUT2D eigenvalue weighted by Gasteiger charge is -2.31. The number of para-hydroxylation sites is 1. The van der Waals surface area contributed by atoms with Crippen molar-refractivity contribution in [2.24, 2.45) is 0 Å². The van der Waals surface area contributed by atoms with Crippen LogP contribution in [0, 0.1) is 0 Å². The van der Waals surface area contributed by atoms with Gasteiger partial charge in [0, 0.05) is 19.0 Å². The molecule has 0 spiro atoms. The number of hydrogen-bond acceptors (Lipinski definition) is 5. The second-order valence-corrected chi connectivity index (χ2v) is 8.31. The van der Waals surface area contributed by atoms with Gasteiger partial charge in [-0.3, -0.25) is 14.5 Å². The first kappa shape index (κ1) is 19.1. The zero-order chi connectivity index (χ0) is 20.5. The van der Waals surface area contributed by atoms with E-state index in [9.17, 15) is 9.59 Å². The maximum absolute atomic E-state index is 13.0. The molecule has 5 rings (SSSR count). The molecule has 156 valence electrons. The number of nitrogens with zero attached hydrogens (tertiary/aromatic N) is 3. The van der Waals surface area contributed by atoms with E-state index in [1.165, 1.54) is 12.8 Å². The van der Waals surface area contributed by atoms with E-state index >= 15 is 0 Å². The Balaban J connectivity index is 1.31. The number of H-pyrrole nitrogens is 1. The summed E-state index contributed by atoms with van der Waals surface area (Å²) in [5, 5.41) is 0.589. The molecular weight excluding hydrogens is 380 g/mol. The largest absolute Gasteiger partial charge is 0.455 e. The number of hydrogen-bond donors (Lipinski definition) is 1. The van der Waals surface area contributed by atoms with Gasteiger partial charge in [0.25, 0.3) is 11.5 Å². The van der Waals surface area contributed by atoms with Gasteiger partial charge in [0.05, 0.1) is 17.4 Å². The summed E-state index contributed by atoms with van der Waals surface area (Å²) in [5.74, 6) is 1.82. The van der Waals surface area contributed by atoms with Gasteiger partial charge < -0.3 is 14.3 Å². The molecule has 1 amide bonds. The first-order valence-corrected chi connectivity index (χ1v) is 10.8. The molecular formula is C23H26N4O3. The van der Waals surface area contributed by atoms with Gasteiger partial charge in [-0.2, -0.15) is 0 Å². The number of furan rings is 1. The predicted octanol–water partition coefficient (Wildman–Crippen LogP) is 3.13. The summed E-state index contributed by atoms with van der Waals surface area (Å²) in [5.41, 5.74) is 0.564. The number of fused-ring (bicyclic) bond motifs is 1. The molecule has 2 aromatic heterocycles. The van der Waals surface area contributed by atoms with Crippen LogP contribution in [-0.4, -0.2) is 51.9 Å². The van der Waals surface area contributed by atoms with Crippen molar-refractivity contribution in [1.29, 1.82) is 0 Å². The molecule has 0 radical (unpaired) electrons. The van der Waals surface area contributed by atoms with Crippen LogP contribution in [0.25, 0.3) is 10.9 Å². The van der Waals surface area contributed by atoms with Gasteiger partial charge in [-0.25, -0.2) is 4.98 Å². The first-order chi connectivity index (χ1) is 14.7. The Bertz CT molecular complexity index is 1110. The fourth-order valence-corrected chi connectivity index (χ4v) is 4.58. The molecule has 0 aliphatic carbocycles. The van der Waals surface area contributed by atoms with Gasteiger partial charge in [-0.15, -0.1) is 0 Å². The molecule has 7 heteroatoms. The molecule has 4 heterocycles. The lowest BCUT2D eigenvalue weighted by atomic mass is 9.96. The van der Waals surface area contributed by atoms with Crippen LogP contribution in [0.5, 0.6) is 0 Å². The summed E-state index contributed by atoms with van der Waals surface area (Å²) in [6, 6.07) is 11.0. The molecule has 0 bridgehead atoms. The third-order valence-corrected chi connectivity index (χ3v) is 6.18. The van der Waals surface area contributed by atoms with Gasteiger partial charge in [-0.05, 0) is 63.0 Å². The number of amides is 1. The van der Waals surface area contributed by atoms with Crippen molar-refractivity contribution in [1.82, 2.24) is 19.8 Å². The van der Waals surface area contributed by atoms with Crippen LogP contribution in [-0.2, 0) is 6.54 Å². The number of carbonyl (C=O) groups is 1. The van der Waals surface area contributed by atoms with Crippen LogP contribution >= 0.6 is 0 Å². The average Bonchev–Trinajstić information content (AvgIpc) is 3.46. The van der Waals surface area contributed by atoms with Crippen molar-refractivity contribution >= 4 is 16.8 Å². The van der Waals surface area contributed by atoms with Gasteiger partial charge >= 0.3 is 0 Å². The van der Waals surface area contributed by atoms with Crippen molar-refractivity contribution < 1.29 is 9.21 Å². The number of rotatable bonds is 4. The second-order valence-electron chi connectivity index (χ2n) is 8.31. The molecule has 1 atom stereocenters.